The van der Waals surface area contributed by atoms with Gasteiger partial charge >= 0.3 is 0 Å². The number of carbonyl (C=O) groups is 1. The highest BCUT2D eigenvalue weighted by Gasteiger charge is 2.41. The van der Waals surface area contributed by atoms with Crippen LogP contribution in [0.15, 0.2) is 18.2 Å². The van der Waals surface area contributed by atoms with Gasteiger partial charge in [-0.1, -0.05) is 65.1 Å². The van der Waals surface area contributed by atoms with E-state index in [-0.39, 0.29) is 5.91 Å². The molecule has 1 aromatic carbocycles. The number of hydroxylamine groups is 1. The van der Waals surface area contributed by atoms with E-state index in [1.807, 2.05) is 12.1 Å². The van der Waals surface area contributed by atoms with Gasteiger partial charge in [0.05, 0.1) is 17.7 Å². The fourth-order valence-corrected chi connectivity index (χ4v) is 9.09. The van der Waals surface area contributed by atoms with Crippen LogP contribution in [-0.4, -0.2) is 21.1 Å². The number of halogens is 1. The van der Waals surface area contributed by atoms with E-state index >= 15 is 0 Å². The molecule has 0 unspecified atom stereocenters. The summed E-state index contributed by atoms with van der Waals surface area (Å²) in [7, 11) is -0.474. The van der Waals surface area contributed by atoms with E-state index in [0.29, 0.717) is 32.8 Å². The highest BCUT2D eigenvalue weighted by molar-refractivity contribution is 6.90. The van der Waals surface area contributed by atoms with Crippen molar-refractivity contribution in [2.75, 3.05) is 7.11 Å². The van der Waals surface area contributed by atoms with Gasteiger partial charge < -0.3 is 0 Å². The Balaban J connectivity index is 3.48. The summed E-state index contributed by atoms with van der Waals surface area (Å²) in [4.78, 5) is 17.0. The molecule has 0 saturated carbocycles. The molecule has 0 heterocycles. The second kappa shape index (κ2) is 8.71. The van der Waals surface area contributed by atoms with Crippen molar-refractivity contribution in [2.45, 2.75) is 58.2 Å². The summed E-state index contributed by atoms with van der Waals surface area (Å²) in [6, 6.07) is 5.35. The first-order valence-electron chi connectivity index (χ1n) is 8.33. The molecule has 24 heavy (non-hydrogen) atoms. The van der Waals surface area contributed by atoms with Crippen molar-refractivity contribution in [3.63, 3.8) is 0 Å². The van der Waals surface area contributed by atoms with Crippen LogP contribution in [0.5, 0.6) is 0 Å². The Bertz CT molecular complexity index is 623. The molecule has 0 saturated heterocycles. The predicted molar refractivity (Wildman–Crippen MR) is 104 cm³/mol. The van der Waals surface area contributed by atoms with Crippen molar-refractivity contribution in [3.8, 4) is 11.5 Å². The molecule has 1 amide bonds. The molecule has 1 rings (SSSR count). The number of rotatable bonds is 5. The van der Waals surface area contributed by atoms with Crippen molar-refractivity contribution >= 4 is 25.6 Å². The first-order valence-corrected chi connectivity index (χ1v) is 10.9. The SMILES string of the molecule is CONC(=O)c1c(Cl)cccc1C#C[Si](C(C)C)(C(C)C)C(C)C. The topological polar surface area (TPSA) is 38.3 Å². The molecule has 0 aliphatic heterocycles. The van der Waals surface area contributed by atoms with Gasteiger partial charge in [0.15, 0.2) is 0 Å². The van der Waals surface area contributed by atoms with Crippen LogP contribution >= 0.6 is 11.6 Å². The number of amides is 1. The quantitative estimate of drug-likeness (QED) is 0.442. The summed E-state index contributed by atoms with van der Waals surface area (Å²) in [5.41, 5.74) is 8.55. The molecule has 0 aliphatic rings. The molecule has 0 aliphatic carbocycles. The molecule has 0 bridgehead atoms. The maximum Gasteiger partial charge on any atom is 0.277 e. The van der Waals surface area contributed by atoms with Gasteiger partial charge in [-0.05, 0) is 28.8 Å². The van der Waals surface area contributed by atoms with E-state index in [9.17, 15) is 4.79 Å². The van der Waals surface area contributed by atoms with Crippen LogP contribution in [0.3, 0.4) is 0 Å². The van der Waals surface area contributed by atoms with Gasteiger partial charge in [-0.15, -0.1) is 5.54 Å². The van der Waals surface area contributed by atoms with Crippen LogP contribution < -0.4 is 5.48 Å². The van der Waals surface area contributed by atoms with Gasteiger partial charge in [-0.3, -0.25) is 9.63 Å². The molecule has 0 aromatic heterocycles. The van der Waals surface area contributed by atoms with Crippen molar-refractivity contribution in [2.24, 2.45) is 0 Å². The molecule has 0 atom stereocenters. The third kappa shape index (κ3) is 4.21. The highest BCUT2D eigenvalue weighted by Crippen LogP contribution is 2.40. The molecule has 132 valence electrons. The lowest BCUT2D eigenvalue weighted by atomic mass is 10.1. The average molecular weight is 366 g/mol. The second-order valence-electron chi connectivity index (χ2n) is 6.94. The molecule has 0 spiro atoms. The predicted octanol–water partition coefficient (Wildman–Crippen LogP) is 5.20. The lowest BCUT2D eigenvalue weighted by molar-refractivity contribution is 0.0537. The minimum atomic E-state index is -1.87. The van der Waals surface area contributed by atoms with Gasteiger partial charge in [-0.25, -0.2) is 5.48 Å². The lowest BCUT2D eigenvalue weighted by Crippen LogP contribution is -2.43. The molecule has 1 N–H and O–H groups in total. The maximum atomic E-state index is 12.2. The minimum absolute atomic E-state index is 0.368. The van der Waals surface area contributed by atoms with Gasteiger partial charge in [0.2, 0.25) is 0 Å². The van der Waals surface area contributed by atoms with Gasteiger partial charge in [0.25, 0.3) is 5.91 Å². The first kappa shape index (κ1) is 20.8. The number of carbonyl (C=O) groups excluding carboxylic acids is 1. The van der Waals surface area contributed by atoms with Crippen LogP contribution in [-0.2, 0) is 4.84 Å². The largest absolute Gasteiger partial charge is 0.277 e. The van der Waals surface area contributed by atoms with E-state index in [1.54, 1.807) is 6.07 Å². The standard InChI is InChI=1S/C19H28ClNO2Si/c1-13(2)24(14(3)4,15(5)6)12-11-16-9-8-10-17(20)18(16)19(22)21-23-7/h8-10,13-15H,1-7H3,(H,21,22). The molecular formula is C19H28ClNO2Si. The van der Waals surface area contributed by atoms with E-state index in [1.165, 1.54) is 7.11 Å². The number of benzene rings is 1. The van der Waals surface area contributed by atoms with Gasteiger partial charge in [0, 0.05) is 5.56 Å². The molecule has 0 fully saturated rings. The maximum absolute atomic E-state index is 12.2. The molecule has 1 aromatic rings. The van der Waals surface area contributed by atoms with Crippen LogP contribution in [0.4, 0.5) is 0 Å². The molecule has 3 nitrogen and oxygen atoms in total. The van der Waals surface area contributed by atoms with Gasteiger partial charge in [-0.2, -0.15) is 0 Å². The summed E-state index contributed by atoms with van der Waals surface area (Å²) in [6.07, 6.45) is 0. The Morgan fingerprint density at radius 3 is 2.12 bits per heavy atom. The molecule has 5 heteroatoms. The summed E-state index contributed by atoms with van der Waals surface area (Å²) < 4.78 is 0. The first-order chi connectivity index (χ1) is 11.2. The van der Waals surface area contributed by atoms with Crippen LogP contribution in [0.25, 0.3) is 0 Å². The summed E-state index contributed by atoms with van der Waals surface area (Å²) >= 11 is 6.22. The molecule has 0 radical (unpaired) electrons. The van der Waals surface area contributed by atoms with Crippen molar-refractivity contribution in [1.29, 1.82) is 0 Å². The Morgan fingerprint density at radius 2 is 1.67 bits per heavy atom. The van der Waals surface area contributed by atoms with Crippen LogP contribution in [0, 0.1) is 11.5 Å². The fraction of sp³-hybridized carbons (Fsp3) is 0.526. The lowest BCUT2D eigenvalue weighted by Gasteiger charge is -2.38. The Hall–Kier alpha value is -1.28. The van der Waals surface area contributed by atoms with Crippen molar-refractivity contribution in [3.05, 3.63) is 34.3 Å². The normalized spacial score (nSPS) is 11.6. The summed E-state index contributed by atoms with van der Waals surface area (Å²) in [5, 5.41) is 0.377. The van der Waals surface area contributed by atoms with E-state index < -0.39 is 8.07 Å². The zero-order valence-electron chi connectivity index (χ0n) is 15.7. The average Bonchev–Trinajstić information content (AvgIpc) is 2.46. The van der Waals surface area contributed by atoms with Crippen molar-refractivity contribution in [1.82, 2.24) is 5.48 Å². The van der Waals surface area contributed by atoms with Crippen LogP contribution in [0.1, 0.15) is 57.5 Å². The third-order valence-corrected chi connectivity index (χ3v) is 11.3. The van der Waals surface area contributed by atoms with Crippen LogP contribution in [0.2, 0.25) is 21.6 Å². The smallest absolute Gasteiger partial charge is 0.277 e. The zero-order chi connectivity index (χ0) is 18.5. The summed E-state index contributed by atoms with van der Waals surface area (Å²) in [5.74, 6) is 2.91. The second-order valence-corrected chi connectivity index (χ2v) is 12.9. The van der Waals surface area contributed by atoms with Crippen molar-refractivity contribution < 1.29 is 9.63 Å². The Kier molecular flexibility index (Phi) is 7.53. The fourth-order valence-electron chi connectivity index (χ4n) is 3.61. The zero-order valence-corrected chi connectivity index (χ0v) is 17.4. The number of hydrogen-bond donors (Lipinski definition) is 1. The minimum Gasteiger partial charge on any atom is -0.277 e. The Morgan fingerprint density at radius 1 is 1.12 bits per heavy atom. The molecular weight excluding hydrogens is 338 g/mol. The van der Waals surface area contributed by atoms with E-state index in [0.717, 1.165) is 0 Å². The highest BCUT2D eigenvalue weighted by atomic mass is 35.5. The van der Waals surface area contributed by atoms with E-state index in [4.69, 9.17) is 16.4 Å². The number of hydrogen-bond acceptors (Lipinski definition) is 2. The van der Waals surface area contributed by atoms with E-state index in [2.05, 4.69) is 58.5 Å². The summed E-state index contributed by atoms with van der Waals surface area (Å²) in [6.45, 7) is 13.6. The van der Waals surface area contributed by atoms with Gasteiger partial charge in [0.1, 0.15) is 8.07 Å². The monoisotopic (exact) mass is 365 g/mol. The number of nitrogens with one attached hydrogen (secondary N) is 1. The third-order valence-electron chi connectivity index (χ3n) is 4.72. The Labute approximate surface area is 152 Å².